The van der Waals surface area contributed by atoms with Crippen molar-refractivity contribution in [3.05, 3.63) is 34.9 Å². The van der Waals surface area contributed by atoms with Gasteiger partial charge in [-0.05, 0) is 41.9 Å². The van der Waals surface area contributed by atoms with E-state index >= 15 is 0 Å². The maximum atomic E-state index is 5.74. The van der Waals surface area contributed by atoms with Crippen LogP contribution in [0.4, 0.5) is 0 Å². The molecule has 0 aliphatic carbocycles. The second-order valence-electron chi connectivity index (χ2n) is 6.63. The fourth-order valence-corrected chi connectivity index (χ4v) is 4.18. The first-order valence-corrected chi connectivity index (χ1v) is 8.72. The van der Waals surface area contributed by atoms with Crippen LogP contribution >= 0.6 is 15.9 Å². The molecule has 112 valence electrons. The summed E-state index contributed by atoms with van der Waals surface area (Å²) in [7, 11) is 0. The number of hydrogen-bond acceptors (Lipinski definition) is 1. The van der Waals surface area contributed by atoms with Crippen molar-refractivity contribution in [2.24, 2.45) is 5.92 Å². The molecule has 0 N–H and O–H groups in total. The molecule has 1 nitrogen and oxygen atoms in total. The van der Waals surface area contributed by atoms with Gasteiger partial charge in [-0.2, -0.15) is 0 Å². The van der Waals surface area contributed by atoms with Crippen LogP contribution in [0.1, 0.15) is 74.4 Å². The normalized spacial score (nSPS) is 24.6. The minimum atomic E-state index is 0.351. The van der Waals surface area contributed by atoms with Crippen LogP contribution < -0.4 is 0 Å². The molecule has 0 aromatic heterocycles. The summed E-state index contributed by atoms with van der Waals surface area (Å²) < 4.78 is 5.74. The molecule has 0 spiro atoms. The van der Waals surface area contributed by atoms with Crippen LogP contribution in [0.2, 0.25) is 0 Å². The highest BCUT2D eigenvalue weighted by molar-refractivity contribution is 9.09. The molecule has 1 fully saturated rings. The predicted octanol–water partition coefficient (Wildman–Crippen LogP) is 5.79. The molecule has 20 heavy (non-hydrogen) atoms. The van der Waals surface area contributed by atoms with Gasteiger partial charge in [-0.1, -0.05) is 61.8 Å². The number of hydrogen-bond donors (Lipinski definition) is 0. The monoisotopic (exact) mass is 338 g/mol. The molecular formula is C18H27BrO. The van der Waals surface area contributed by atoms with E-state index in [1.807, 2.05) is 0 Å². The molecule has 2 heteroatoms. The Morgan fingerprint density at radius 3 is 2.30 bits per heavy atom. The second kappa shape index (κ2) is 6.62. The Kier molecular flexibility index (Phi) is 5.30. The van der Waals surface area contributed by atoms with Gasteiger partial charge >= 0.3 is 0 Å². The predicted molar refractivity (Wildman–Crippen MR) is 89.8 cm³/mol. The van der Waals surface area contributed by atoms with E-state index in [0.717, 1.165) is 13.0 Å². The van der Waals surface area contributed by atoms with E-state index in [4.69, 9.17) is 4.74 Å². The number of rotatable bonds is 4. The van der Waals surface area contributed by atoms with Gasteiger partial charge in [-0.15, -0.1) is 0 Å². The van der Waals surface area contributed by atoms with Crippen molar-refractivity contribution in [1.29, 1.82) is 0 Å². The van der Waals surface area contributed by atoms with E-state index in [2.05, 4.69) is 68.7 Å². The maximum absolute atomic E-state index is 5.74. The zero-order valence-electron chi connectivity index (χ0n) is 13.3. The van der Waals surface area contributed by atoms with Crippen LogP contribution in [0, 0.1) is 5.92 Å². The van der Waals surface area contributed by atoms with E-state index < -0.39 is 0 Å². The lowest BCUT2D eigenvalue weighted by Crippen LogP contribution is -2.17. The summed E-state index contributed by atoms with van der Waals surface area (Å²) in [6.07, 6.45) is 1.50. The Bertz CT molecular complexity index is 453. The van der Waals surface area contributed by atoms with Crippen molar-refractivity contribution < 1.29 is 4.74 Å². The van der Waals surface area contributed by atoms with Gasteiger partial charge < -0.3 is 4.74 Å². The molecule has 0 saturated carbocycles. The molecule has 1 aromatic carbocycles. The minimum Gasteiger partial charge on any atom is -0.378 e. The fraction of sp³-hybridized carbons (Fsp3) is 0.667. The Labute approximate surface area is 132 Å². The van der Waals surface area contributed by atoms with Gasteiger partial charge in [0.2, 0.25) is 0 Å². The number of ether oxygens (including phenoxy) is 1. The lowest BCUT2D eigenvalue weighted by Gasteiger charge is -2.25. The standard InChI is InChI=1S/C18H27BrO/c1-11(2)14-6-7-16(17(10-14)12(3)4)18(19)15-8-9-20-13(15)5/h6-7,10-13,15,18H,8-9H2,1-5H3. The van der Waals surface area contributed by atoms with Gasteiger partial charge in [0.1, 0.15) is 0 Å². The summed E-state index contributed by atoms with van der Waals surface area (Å²) in [5.41, 5.74) is 4.37. The van der Waals surface area contributed by atoms with E-state index in [-0.39, 0.29) is 0 Å². The third kappa shape index (κ3) is 3.28. The van der Waals surface area contributed by atoms with Crippen molar-refractivity contribution >= 4 is 15.9 Å². The lowest BCUT2D eigenvalue weighted by molar-refractivity contribution is 0.105. The summed E-state index contributed by atoms with van der Waals surface area (Å²) in [6, 6.07) is 7.02. The SMILES string of the molecule is CC(C)c1ccc(C(Br)C2CCOC2C)c(C(C)C)c1. The van der Waals surface area contributed by atoms with Crippen molar-refractivity contribution in [1.82, 2.24) is 0 Å². The van der Waals surface area contributed by atoms with Crippen LogP contribution in [-0.2, 0) is 4.74 Å². The molecule has 1 aliphatic heterocycles. The first-order chi connectivity index (χ1) is 9.41. The Morgan fingerprint density at radius 2 is 1.80 bits per heavy atom. The third-order valence-electron chi connectivity index (χ3n) is 4.51. The van der Waals surface area contributed by atoms with Crippen LogP contribution in [0.15, 0.2) is 18.2 Å². The molecule has 3 unspecified atom stereocenters. The van der Waals surface area contributed by atoms with Gasteiger partial charge in [0.15, 0.2) is 0 Å². The van der Waals surface area contributed by atoms with E-state index in [0.29, 0.717) is 28.7 Å². The van der Waals surface area contributed by atoms with Crippen molar-refractivity contribution in [3.8, 4) is 0 Å². The quantitative estimate of drug-likeness (QED) is 0.631. The minimum absolute atomic E-state index is 0.351. The highest BCUT2D eigenvalue weighted by Crippen LogP contribution is 2.42. The average molecular weight is 339 g/mol. The van der Waals surface area contributed by atoms with Gasteiger partial charge in [-0.3, -0.25) is 0 Å². The highest BCUT2D eigenvalue weighted by Gasteiger charge is 2.32. The summed E-state index contributed by atoms with van der Waals surface area (Å²) in [5.74, 6) is 1.72. The Hall–Kier alpha value is -0.340. The summed E-state index contributed by atoms with van der Waals surface area (Å²) in [4.78, 5) is 0.401. The zero-order valence-corrected chi connectivity index (χ0v) is 14.9. The number of alkyl halides is 1. The van der Waals surface area contributed by atoms with Gasteiger partial charge in [-0.25, -0.2) is 0 Å². The molecule has 3 atom stereocenters. The first kappa shape index (κ1) is 16.0. The maximum Gasteiger partial charge on any atom is 0.0589 e. The largest absolute Gasteiger partial charge is 0.378 e. The number of halogens is 1. The van der Waals surface area contributed by atoms with Crippen LogP contribution in [-0.4, -0.2) is 12.7 Å². The molecular weight excluding hydrogens is 312 g/mol. The summed E-state index contributed by atoms with van der Waals surface area (Å²) >= 11 is 3.95. The molecule has 0 bridgehead atoms. The van der Waals surface area contributed by atoms with Crippen LogP contribution in [0.3, 0.4) is 0 Å². The zero-order chi connectivity index (χ0) is 14.9. The van der Waals surface area contributed by atoms with E-state index in [1.54, 1.807) is 0 Å². The van der Waals surface area contributed by atoms with Crippen LogP contribution in [0.25, 0.3) is 0 Å². The van der Waals surface area contributed by atoms with Crippen molar-refractivity contribution in [3.63, 3.8) is 0 Å². The molecule has 1 aromatic rings. The average Bonchev–Trinajstić information content (AvgIpc) is 2.83. The van der Waals surface area contributed by atoms with Gasteiger partial charge in [0.25, 0.3) is 0 Å². The molecule has 1 saturated heterocycles. The summed E-state index contributed by atoms with van der Waals surface area (Å²) in [5, 5.41) is 0. The summed E-state index contributed by atoms with van der Waals surface area (Å²) in [6.45, 7) is 12.2. The molecule has 0 amide bonds. The highest BCUT2D eigenvalue weighted by atomic mass is 79.9. The molecule has 0 radical (unpaired) electrons. The smallest absolute Gasteiger partial charge is 0.0589 e. The lowest BCUT2D eigenvalue weighted by atomic mass is 9.85. The molecule has 2 rings (SSSR count). The topological polar surface area (TPSA) is 9.23 Å². The molecule has 1 heterocycles. The van der Waals surface area contributed by atoms with Gasteiger partial charge in [0.05, 0.1) is 6.10 Å². The van der Waals surface area contributed by atoms with E-state index in [9.17, 15) is 0 Å². The van der Waals surface area contributed by atoms with Crippen LogP contribution in [0.5, 0.6) is 0 Å². The van der Waals surface area contributed by atoms with Crippen molar-refractivity contribution in [2.45, 2.75) is 63.8 Å². The van der Waals surface area contributed by atoms with Gasteiger partial charge in [0, 0.05) is 17.4 Å². The Morgan fingerprint density at radius 1 is 1.10 bits per heavy atom. The Balaban J connectivity index is 2.35. The van der Waals surface area contributed by atoms with E-state index in [1.165, 1.54) is 16.7 Å². The molecule has 1 aliphatic rings. The third-order valence-corrected chi connectivity index (χ3v) is 5.68. The number of benzene rings is 1. The first-order valence-electron chi connectivity index (χ1n) is 7.81. The van der Waals surface area contributed by atoms with Crippen molar-refractivity contribution in [2.75, 3.05) is 6.61 Å². The fourth-order valence-electron chi connectivity index (χ4n) is 3.07. The second-order valence-corrected chi connectivity index (χ2v) is 7.61.